The van der Waals surface area contributed by atoms with Crippen LogP contribution in [0.3, 0.4) is 0 Å². The Morgan fingerprint density at radius 1 is 1.35 bits per heavy atom. The fourth-order valence-electron chi connectivity index (χ4n) is 2.96. The fourth-order valence-corrected chi connectivity index (χ4v) is 3.17. The van der Waals surface area contributed by atoms with Crippen LogP contribution in [0.15, 0.2) is 24.3 Å². The number of hydrogen-bond donors (Lipinski definition) is 1. The Kier molecular flexibility index (Phi) is 4.47. The predicted octanol–water partition coefficient (Wildman–Crippen LogP) is 4.04. The van der Waals surface area contributed by atoms with Gasteiger partial charge in [0.25, 0.3) is 0 Å². The van der Waals surface area contributed by atoms with Crippen LogP contribution in [0.1, 0.15) is 38.2 Å². The Morgan fingerprint density at radius 2 is 2.12 bits per heavy atom. The Labute approximate surface area is 109 Å². The second-order valence-electron chi connectivity index (χ2n) is 5.31. The molecule has 17 heavy (non-hydrogen) atoms. The van der Waals surface area contributed by atoms with Crippen molar-refractivity contribution < 1.29 is 0 Å². The van der Waals surface area contributed by atoms with E-state index >= 15 is 0 Å². The molecule has 1 fully saturated rings. The Balaban J connectivity index is 1.94. The first-order chi connectivity index (χ1) is 8.20. The molecule has 1 aliphatic rings. The summed E-state index contributed by atoms with van der Waals surface area (Å²) in [7, 11) is 0. The van der Waals surface area contributed by atoms with E-state index in [9.17, 15) is 0 Å². The Bertz CT molecular complexity index is 364. The zero-order valence-corrected chi connectivity index (χ0v) is 11.3. The van der Waals surface area contributed by atoms with Gasteiger partial charge < -0.3 is 5.73 Å². The van der Waals surface area contributed by atoms with Crippen LogP contribution < -0.4 is 5.73 Å². The van der Waals surface area contributed by atoms with Crippen molar-refractivity contribution in [2.24, 2.45) is 17.6 Å². The summed E-state index contributed by atoms with van der Waals surface area (Å²) < 4.78 is 0. The molecule has 2 rings (SSSR count). The minimum absolute atomic E-state index is 0.270. The molecule has 1 saturated carbocycles. The summed E-state index contributed by atoms with van der Waals surface area (Å²) in [4.78, 5) is 0. The second kappa shape index (κ2) is 5.88. The van der Waals surface area contributed by atoms with Crippen LogP contribution in [-0.2, 0) is 6.42 Å². The van der Waals surface area contributed by atoms with Crippen LogP contribution >= 0.6 is 11.6 Å². The molecule has 0 radical (unpaired) electrons. The molecule has 1 aliphatic carbocycles. The molecule has 3 atom stereocenters. The van der Waals surface area contributed by atoms with Gasteiger partial charge >= 0.3 is 0 Å². The summed E-state index contributed by atoms with van der Waals surface area (Å²) in [5.74, 6) is 1.59. The van der Waals surface area contributed by atoms with Crippen molar-refractivity contribution in [3.8, 4) is 0 Å². The smallest absolute Gasteiger partial charge is 0.0438 e. The Morgan fingerprint density at radius 3 is 2.76 bits per heavy atom. The van der Waals surface area contributed by atoms with E-state index in [1.165, 1.54) is 31.2 Å². The van der Waals surface area contributed by atoms with Gasteiger partial charge in [0, 0.05) is 11.1 Å². The molecule has 1 aromatic rings. The number of nitrogens with two attached hydrogens (primary N) is 1. The lowest BCUT2D eigenvalue weighted by Crippen LogP contribution is -2.31. The number of rotatable bonds is 4. The predicted molar refractivity (Wildman–Crippen MR) is 74.3 cm³/mol. The van der Waals surface area contributed by atoms with Gasteiger partial charge in [0.15, 0.2) is 0 Å². The molecule has 0 saturated heterocycles. The lowest BCUT2D eigenvalue weighted by atomic mass is 9.92. The minimum Gasteiger partial charge on any atom is -0.327 e. The van der Waals surface area contributed by atoms with Crippen LogP contribution in [0.2, 0.25) is 5.02 Å². The number of halogens is 1. The van der Waals surface area contributed by atoms with Crippen LogP contribution in [0.25, 0.3) is 0 Å². The standard InChI is InChI=1S/C15H22ClN/c1-2-11-7-8-13(9-11)15(17)10-12-5-3-4-6-14(12)16/h3-6,11,13,15H,2,7-10,17H2,1H3. The maximum Gasteiger partial charge on any atom is 0.0438 e. The van der Waals surface area contributed by atoms with E-state index in [2.05, 4.69) is 13.0 Å². The molecule has 0 aromatic heterocycles. The largest absolute Gasteiger partial charge is 0.327 e. The van der Waals surface area contributed by atoms with Gasteiger partial charge in [-0.3, -0.25) is 0 Å². The molecule has 0 amide bonds. The van der Waals surface area contributed by atoms with Crippen LogP contribution in [0, 0.1) is 11.8 Å². The average Bonchev–Trinajstić information content (AvgIpc) is 2.81. The van der Waals surface area contributed by atoms with E-state index < -0.39 is 0 Å². The van der Waals surface area contributed by atoms with Gasteiger partial charge in [0.2, 0.25) is 0 Å². The summed E-state index contributed by atoms with van der Waals surface area (Å²) in [6, 6.07) is 8.32. The lowest BCUT2D eigenvalue weighted by molar-refractivity contribution is 0.405. The van der Waals surface area contributed by atoms with Crippen molar-refractivity contribution in [2.45, 2.75) is 45.1 Å². The SMILES string of the molecule is CCC1CCC(C(N)Cc2ccccc2Cl)C1. The second-order valence-corrected chi connectivity index (χ2v) is 5.71. The monoisotopic (exact) mass is 251 g/mol. The minimum atomic E-state index is 0.270. The van der Waals surface area contributed by atoms with Crippen LogP contribution in [0.4, 0.5) is 0 Å². The zero-order chi connectivity index (χ0) is 12.3. The third-order valence-electron chi connectivity index (χ3n) is 4.18. The van der Waals surface area contributed by atoms with E-state index in [1.54, 1.807) is 0 Å². The van der Waals surface area contributed by atoms with Crippen molar-refractivity contribution in [3.05, 3.63) is 34.9 Å². The summed E-state index contributed by atoms with van der Waals surface area (Å²) in [6.45, 7) is 2.28. The van der Waals surface area contributed by atoms with Gasteiger partial charge in [-0.2, -0.15) is 0 Å². The first-order valence-corrected chi connectivity index (χ1v) is 7.07. The van der Waals surface area contributed by atoms with Gasteiger partial charge in [-0.15, -0.1) is 0 Å². The molecule has 2 heteroatoms. The molecule has 0 aliphatic heterocycles. The number of benzene rings is 1. The van der Waals surface area contributed by atoms with Crippen LogP contribution in [0.5, 0.6) is 0 Å². The lowest BCUT2D eigenvalue weighted by Gasteiger charge is -2.20. The molecule has 1 nitrogen and oxygen atoms in total. The van der Waals surface area contributed by atoms with E-state index in [1.807, 2.05) is 18.2 Å². The number of hydrogen-bond acceptors (Lipinski definition) is 1. The molecular formula is C15H22ClN. The van der Waals surface area contributed by atoms with E-state index in [0.717, 1.165) is 17.4 Å². The highest BCUT2D eigenvalue weighted by Crippen LogP contribution is 2.35. The fraction of sp³-hybridized carbons (Fsp3) is 0.600. The third kappa shape index (κ3) is 3.23. The average molecular weight is 252 g/mol. The maximum atomic E-state index is 6.34. The molecule has 0 heterocycles. The van der Waals surface area contributed by atoms with E-state index in [0.29, 0.717) is 5.92 Å². The third-order valence-corrected chi connectivity index (χ3v) is 4.55. The summed E-state index contributed by atoms with van der Waals surface area (Å²) >= 11 is 6.18. The molecule has 0 spiro atoms. The van der Waals surface area contributed by atoms with Gasteiger partial charge in [0.05, 0.1) is 0 Å². The molecule has 1 aromatic carbocycles. The zero-order valence-electron chi connectivity index (χ0n) is 10.5. The highest BCUT2D eigenvalue weighted by atomic mass is 35.5. The summed E-state index contributed by atoms with van der Waals surface area (Å²) in [5.41, 5.74) is 7.53. The Hall–Kier alpha value is -0.530. The quantitative estimate of drug-likeness (QED) is 0.859. The van der Waals surface area contributed by atoms with Crippen molar-refractivity contribution in [1.29, 1.82) is 0 Å². The van der Waals surface area contributed by atoms with Gasteiger partial charge in [-0.1, -0.05) is 49.6 Å². The highest BCUT2D eigenvalue weighted by Gasteiger charge is 2.28. The van der Waals surface area contributed by atoms with Gasteiger partial charge in [-0.25, -0.2) is 0 Å². The molecular weight excluding hydrogens is 230 g/mol. The molecule has 0 bridgehead atoms. The highest BCUT2D eigenvalue weighted by molar-refractivity contribution is 6.31. The normalized spacial score (nSPS) is 26.1. The first-order valence-electron chi connectivity index (χ1n) is 6.69. The van der Waals surface area contributed by atoms with Gasteiger partial charge in [-0.05, 0) is 42.7 Å². The first kappa shape index (κ1) is 12.9. The molecule has 2 N–H and O–H groups in total. The van der Waals surface area contributed by atoms with Crippen molar-refractivity contribution in [3.63, 3.8) is 0 Å². The van der Waals surface area contributed by atoms with E-state index in [4.69, 9.17) is 17.3 Å². The van der Waals surface area contributed by atoms with Crippen LogP contribution in [-0.4, -0.2) is 6.04 Å². The summed E-state index contributed by atoms with van der Waals surface area (Å²) in [6.07, 6.45) is 6.18. The van der Waals surface area contributed by atoms with Crippen molar-refractivity contribution in [2.75, 3.05) is 0 Å². The van der Waals surface area contributed by atoms with Crippen molar-refractivity contribution >= 4 is 11.6 Å². The van der Waals surface area contributed by atoms with Crippen molar-refractivity contribution in [1.82, 2.24) is 0 Å². The molecule has 94 valence electrons. The maximum absolute atomic E-state index is 6.34. The van der Waals surface area contributed by atoms with Gasteiger partial charge in [0.1, 0.15) is 0 Å². The summed E-state index contributed by atoms with van der Waals surface area (Å²) in [5, 5.41) is 0.855. The molecule has 3 unspecified atom stereocenters. The van der Waals surface area contributed by atoms with E-state index in [-0.39, 0.29) is 6.04 Å². The topological polar surface area (TPSA) is 26.0 Å².